The highest BCUT2D eigenvalue weighted by Gasteiger charge is 2.22. The van der Waals surface area contributed by atoms with E-state index in [1.807, 2.05) is 0 Å². The Labute approximate surface area is 96.3 Å². The summed E-state index contributed by atoms with van der Waals surface area (Å²) in [6.07, 6.45) is 0. The Morgan fingerprint density at radius 1 is 1.18 bits per heavy atom. The van der Waals surface area contributed by atoms with Crippen LogP contribution in [-0.2, 0) is 0 Å². The van der Waals surface area contributed by atoms with Gasteiger partial charge in [-0.3, -0.25) is 10.1 Å². The Balaban J connectivity index is 3.04. The van der Waals surface area contributed by atoms with E-state index in [4.69, 9.17) is 10.5 Å². The van der Waals surface area contributed by atoms with E-state index in [-0.39, 0.29) is 16.8 Å². The summed E-state index contributed by atoms with van der Waals surface area (Å²) in [5.74, 6) is 0. The lowest BCUT2D eigenvalue weighted by Gasteiger charge is -2.02. The molecule has 0 aromatic heterocycles. The quantitative estimate of drug-likeness (QED) is 0.548. The number of nitrogens with zero attached hydrogens (tertiary/aromatic N) is 3. The zero-order valence-corrected chi connectivity index (χ0v) is 8.54. The monoisotopic (exact) mass is 223 g/mol. The first-order valence-electron chi connectivity index (χ1n) is 4.69. The van der Waals surface area contributed by atoms with Crippen LogP contribution in [-0.4, -0.2) is 4.92 Å². The first-order chi connectivity index (χ1) is 8.19. The number of rotatable bonds is 1. The summed E-state index contributed by atoms with van der Waals surface area (Å²) in [6.45, 7) is 0. The topological polar surface area (TPSA) is 90.7 Å². The van der Waals surface area contributed by atoms with E-state index in [1.165, 1.54) is 6.07 Å². The molecular formula is C12H5N3O2. The largest absolute Gasteiger partial charge is 0.296 e. The van der Waals surface area contributed by atoms with Gasteiger partial charge in [0.1, 0.15) is 17.7 Å². The van der Waals surface area contributed by atoms with Gasteiger partial charge in [-0.25, -0.2) is 0 Å². The summed E-state index contributed by atoms with van der Waals surface area (Å²) in [6, 6.07) is 11.6. The number of nitriles is 2. The van der Waals surface area contributed by atoms with Gasteiger partial charge >= 0.3 is 0 Å². The van der Waals surface area contributed by atoms with E-state index < -0.39 is 4.92 Å². The molecule has 0 radical (unpaired) electrons. The molecule has 0 fully saturated rings. The van der Waals surface area contributed by atoms with Gasteiger partial charge in [0.15, 0.2) is 0 Å². The highest BCUT2D eigenvalue weighted by atomic mass is 16.6. The van der Waals surface area contributed by atoms with Crippen molar-refractivity contribution in [3.05, 3.63) is 51.6 Å². The maximum Gasteiger partial charge on any atom is 0.296 e. The van der Waals surface area contributed by atoms with Crippen molar-refractivity contribution in [2.45, 2.75) is 0 Å². The molecular weight excluding hydrogens is 218 g/mol. The summed E-state index contributed by atoms with van der Waals surface area (Å²) in [5, 5.41) is 29.8. The van der Waals surface area contributed by atoms with Gasteiger partial charge in [0, 0.05) is 0 Å². The molecule has 0 aliphatic carbocycles. The molecule has 2 aromatic carbocycles. The second-order valence-electron chi connectivity index (χ2n) is 3.35. The zero-order valence-electron chi connectivity index (χ0n) is 8.54. The van der Waals surface area contributed by atoms with Crippen LogP contribution in [0.3, 0.4) is 0 Å². The highest BCUT2D eigenvalue weighted by molar-refractivity contribution is 5.95. The Hall–Kier alpha value is -2.92. The Morgan fingerprint density at radius 2 is 1.88 bits per heavy atom. The summed E-state index contributed by atoms with van der Waals surface area (Å²) in [7, 11) is 0. The first-order valence-corrected chi connectivity index (χ1v) is 4.69. The Morgan fingerprint density at radius 3 is 2.47 bits per heavy atom. The van der Waals surface area contributed by atoms with Crippen molar-refractivity contribution in [3.63, 3.8) is 0 Å². The average Bonchev–Trinajstić information content (AvgIpc) is 2.35. The third-order valence-corrected chi connectivity index (χ3v) is 2.44. The van der Waals surface area contributed by atoms with Crippen LogP contribution < -0.4 is 0 Å². The number of hydrogen-bond donors (Lipinski definition) is 0. The molecule has 0 unspecified atom stereocenters. The minimum absolute atomic E-state index is 0.0258. The van der Waals surface area contributed by atoms with Crippen LogP contribution in [0.25, 0.3) is 10.8 Å². The van der Waals surface area contributed by atoms with Gasteiger partial charge in [0.25, 0.3) is 5.69 Å². The zero-order chi connectivity index (χ0) is 12.4. The van der Waals surface area contributed by atoms with Crippen LogP contribution in [0.2, 0.25) is 0 Å². The van der Waals surface area contributed by atoms with Crippen LogP contribution in [0.4, 0.5) is 5.69 Å². The number of nitro benzene ring substituents is 1. The molecule has 0 N–H and O–H groups in total. The van der Waals surface area contributed by atoms with Gasteiger partial charge in [-0.05, 0) is 17.5 Å². The molecule has 0 aliphatic rings. The van der Waals surface area contributed by atoms with Crippen molar-refractivity contribution in [2.24, 2.45) is 0 Å². The van der Waals surface area contributed by atoms with Gasteiger partial charge in [0.05, 0.1) is 15.9 Å². The smallest absolute Gasteiger partial charge is 0.258 e. The van der Waals surface area contributed by atoms with Crippen LogP contribution in [0.1, 0.15) is 11.1 Å². The third kappa shape index (κ3) is 1.56. The molecule has 5 heteroatoms. The fourth-order valence-corrected chi connectivity index (χ4v) is 1.72. The number of nitro groups is 1. The molecule has 0 heterocycles. The SMILES string of the molecule is N#Cc1cc2ccccc2c([N+](=O)[O-])c1C#N. The Kier molecular flexibility index (Phi) is 2.44. The summed E-state index contributed by atoms with van der Waals surface area (Å²) in [5.41, 5.74) is -0.462. The maximum absolute atomic E-state index is 11.0. The van der Waals surface area contributed by atoms with Crippen LogP contribution in [0.5, 0.6) is 0 Å². The van der Waals surface area contributed by atoms with Crippen LogP contribution >= 0.6 is 0 Å². The molecule has 0 saturated carbocycles. The minimum Gasteiger partial charge on any atom is -0.258 e. The van der Waals surface area contributed by atoms with Gasteiger partial charge in [-0.2, -0.15) is 10.5 Å². The van der Waals surface area contributed by atoms with E-state index in [9.17, 15) is 10.1 Å². The van der Waals surface area contributed by atoms with Crippen molar-refractivity contribution < 1.29 is 4.92 Å². The van der Waals surface area contributed by atoms with E-state index in [0.717, 1.165) is 0 Å². The molecule has 80 valence electrons. The van der Waals surface area contributed by atoms with Gasteiger partial charge < -0.3 is 0 Å². The third-order valence-electron chi connectivity index (χ3n) is 2.44. The molecule has 0 saturated heterocycles. The number of hydrogen-bond acceptors (Lipinski definition) is 4. The molecule has 0 amide bonds. The first kappa shape index (κ1) is 10.6. The number of fused-ring (bicyclic) bond motifs is 1. The second-order valence-corrected chi connectivity index (χ2v) is 3.35. The lowest BCUT2D eigenvalue weighted by Crippen LogP contribution is -1.97. The van der Waals surface area contributed by atoms with Crippen molar-refractivity contribution >= 4 is 16.5 Å². The maximum atomic E-state index is 11.0. The summed E-state index contributed by atoms with van der Waals surface area (Å²) in [4.78, 5) is 10.4. The predicted molar refractivity (Wildman–Crippen MR) is 60.0 cm³/mol. The van der Waals surface area contributed by atoms with E-state index >= 15 is 0 Å². The molecule has 2 aromatic rings. The van der Waals surface area contributed by atoms with Gasteiger partial charge in [-0.15, -0.1) is 0 Å². The average molecular weight is 223 g/mol. The minimum atomic E-state index is -0.623. The molecule has 0 bridgehead atoms. The molecule has 0 spiro atoms. The fourth-order valence-electron chi connectivity index (χ4n) is 1.72. The van der Waals surface area contributed by atoms with E-state index in [1.54, 1.807) is 36.4 Å². The summed E-state index contributed by atoms with van der Waals surface area (Å²) >= 11 is 0. The molecule has 0 atom stereocenters. The lowest BCUT2D eigenvalue weighted by molar-refractivity contribution is -0.383. The van der Waals surface area contributed by atoms with Crippen molar-refractivity contribution in [1.29, 1.82) is 10.5 Å². The molecule has 2 rings (SSSR count). The normalized spacial score (nSPS) is 9.53. The predicted octanol–water partition coefficient (Wildman–Crippen LogP) is 2.49. The van der Waals surface area contributed by atoms with Crippen LogP contribution in [0, 0.1) is 32.8 Å². The van der Waals surface area contributed by atoms with Gasteiger partial charge in [-0.1, -0.05) is 18.2 Å². The Bertz CT molecular complexity index is 708. The van der Waals surface area contributed by atoms with E-state index in [0.29, 0.717) is 10.8 Å². The van der Waals surface area contributed by atoms with Gasteiger partial charge in [0.2, 0.25) is 0 Å². The number of benzene rings is 2. The molecule has 0 aliphatic heterocycles. The fraction of sp³-hybridized carbons (Fsp3) is 0. The van der Waals surface area contributed by atoms with Crippen molar-refractivity contribution in [1.82, 2.24) is 0 Å². The lowest BCUT2D eigenvalue weighted by atomic mass is 10.00. The summed E-state index contributed by atoms with van der Waals surface area (Å²) < 4.78 is 0. The second kappa shape index (κ2) is 3.92. The van der Waals surface area contributed by atoms with Crippen molar-refractivity contribution in [3.8, 4) is 12.1 Å². The standard InChI is InChI=1S/C12H5N3O2/c13-6-9-5-8-3-1-2-4-10(8)12(15(16)17)11(9)7-14/h1-5H. The molecule has 5 nitrogen and oxygen atoms in total. The van der Waals surface area contributed by atoms with Crippen molar-refractivity contribution in [2.75, 3.05) is 0 Å². The highest BCUT2D eigenvalue weighted by Crippen LogP contribution is 2.31. The molecule has 17 heavy (non-hydrogen) atoms. The van der Waals surface area contributed by atoms with E-state index in [2.05, 4.69) is 0 Å². The van der Waals surface area contributed by atoms with Crippen LogP contribution in [0.15, 0.2) is 30.3 Å².